The number of amides is 3. The fraction of sp³-hybridized carbons (Fsp3) is 0.444. The molecule has 1 unspecified atom stereocenters. The van der Waals surface area contributed by atoms with Gasteiger partial charge < -0.3 is 19.9 Å². The Morgan fingerprint density at radius 3 is 2.49 bits per heavy atom. The van der Waals surface area contributed by atoms with Gasteiger partial charge in [-0.1, -0.05) is 0 Å². The van der Waals surface area contributed by atoms with Crippen molar-refractivity contribution in [3.63, 3.8) is 0 Å². The highest BCUT2D eigenvalue weighted by atomic mass is 16.6. The first kappa shape index (κ1) is 27.8. The minimum atomic E-state index is -0.595. The quantitative estimate of drug-likeness (QED) is 0.362. The van der Waals surface area contributed by atoms with Gasteiger partial charge in [0.15, 0.2) is 11.3 Å². The van der Waals surface area contributed by atoms with Gasteiger partial charge in [-0.05, 0) is 40.7 Å². The lowest BCUT2D eigenvalue weighted by Crippen LogP contribution is -2.52. The molecule has 14 heteroatoms. The Hall–Kier alpha value is -4.75. The van der Waals surface area contributed by atoms with E-state index in [9.17, 15) is 14.4 Å². The zero-order chi connectivity index (χ0) is 29.3. The molecule has 14 nitrogen and oxygen atoms in total. The highest BCUT2D eigenvalue weighted by Crippen LogP contribution is 2.24. The summed E-state index contributed by atoms with van der Waals surface area (Å²) in [5.74, 6) is -0.534. The summed E-state index contributed by atoms with van der Waals surface area (Å²) in [6, 6.07) is 2.87. The molecule has 5 heterocycles. The molecule has 1 fully saturated rings. The number of rotatable bonds is 7. The second kappa shape index (κ2) is 11.4. The number of aromatic nitrogens is 7. The van der Waals surface area contributed by atoms with Crippen molar-refractivity contribution in [2.45, 2.75) is 47.2 Å². The highest BCUT2D eigenvalue weighted by Gasteiger charge is 2.29. The van der Waals surface area contributed by atoms with Crippen molar-refractivity contribution in [3.8, 4) is 11.3 Å². The monoisotopic (exact) mass is 562 g/mol. The standard InChI is InChI=1S/C27H34N10O4/c1-6-35-18(4)20(15-29-35)23-8-9-28-24-14-21(32-37(23)24)25(38)30-22-16-36(31-17(22)3)19(5)26(39)33-10-12-34(13-11-33)27(40)41-7-2/h8-9,14-16,19H,6-7,10-13H2,1-5H3,(H,30,38). The van der Waals surface area contributed by atoms with Crippen molar-refractivity contribution >= 4 is 29.2 Å². The third kappa shape index (κ3) is 5.36. The smallest absolute Gasteiger partial charge is 0.409 e. The summed E-state index contributed by atoms with van der Waals surface area (Å²) in [7, 11) is 0. The van der Waals surface area contributed by atoms with E-state index in [1.54, 1.807) is 64.4 Å². The molecule has 0 aromatic carbocycles. The second-order valence-corrected chi connectivity index (χ2v) is 9.84. The molecule has 3 amide bonds. The SMILES string of the molecule is CCOC(=O)N1CCN(C(=O)C(C)n2cc(NC(=O)c3cc4nccc(-c5cnn(CC)c5C)n4n3)c(C)n2)CC1. The summed E-state index contributed by atoms with van der Waals surface area (Å²) in [5, 5.41) is 16.3. The number of nitrogens with zero attached hydrogens (tertiary/aromatic N) is 9. The minimum Gasteiger partial charge on any atom is -0.450 e. The third-order valence-electron chi connectivity index (χ3n) is 7.31. The Bertz CT molecular complexity index is 1590. The number of hydrogen-bond donors (Lipinski definition) is 1. The molecular weight excluding hydrogens is 528 g/mol. The average molecular weight is 563 g/mol. The molecule has 0 radical (unpaired) electrons. The van der Waals surface area contributed by atoms with Crippen molar-refractivity contribution in [3.05, 3.63) is 47.8 Å². The molecule has 0 spiro atoms. The number of aryl methyl sites for hydroxylation is 2. The van der Waals surface area contributed by atoms with Gasteiger partial charge in [0.05, 0.1) is 29.9 Å². The summed E-state index contributed by atoms with van der Waals surface area (Å²) in [4.78, 5) is 46.0. The van der Waals surface area contributed by atoms with E-state index in [1.807, 2.05) is 24.6 Å². The maximum atomic E-state index is 13.2. The first-order valence-electron chi connectivity index (χ1n) is 13.7. The molecule has 0 bridgehead atoms. The topological polar surface area (TPSA) is 145 Å². The van der Waals surface area contributed by atoms with Crippen LogP contribution in [-0.4, -0.2) is 94.7 Å². The van der Waals surface area contributed by atoms with E-state index < -0.39 is 11.9 Å². The Morgan fingerprint density at radius 1 is 1.07 bits per heavy atom. The first-order valence-corrected chi connectivity index (χ1v) is 13.7. The average Bonchev–Trinajstić information content (AvgIpc) is 3.68. The van der Waals surface area contributed by atoms with E-state index in [4.69, 9.17) is 4.74 Å². The molecule has 1 N–H and O–H groups in total. The van der Waals surface area contributed by atoms with Gasteiger partial charge in [0.2, 0.25) is 5.91 Å². The van der Waals surface area contributed by atoms with Gasteiger partial charge in [0, 0.05) is 62.4 Å². The van der Waals surface area contributed by atoms with Gasteiger partial charge in [-0.15, -0.1) is 0 Å². The molecule has 4 aromatic heterocycles. The van der Waals surface area contributed by atoms with Gasteiger partial charge in [0.1, 0.15) is 6.04 Å². The lowest BCUT2D eigenvalue weighted by atomic mass is 10.2. The number of fused-ring (bicyclic) bond motifs is 1. The molecule has 216 valence electrons. The maximum absolute atomic E-state index is 13.2. The number of piperazine rings is 1. The van der Waals surface area contributed by atoms with Crippen molar-refractivity contribution in [2.24, 2.45) is 0 Å². The fourth-order valence-corrected chi connectivity index (χ4v) is 4.92. The van der Waals surface area contributed by atoms with Crippen LogP contribution in [0.25, 0.3) is 16.9 Å². The Labute approximate surface area is 236 Å². The van der Waals surface area contributed by atoms with Crippen molar-refractivity contribution in [2.75, 3.05) is 38.1 Å². The summed E-state index contributed by atoms with van der Waals surface area (Å²) >= 11 is 0. The van der Waals surface area contributed by atoms with Gasteiger partial charge in [-0.3, -0.25) is 19.0 Å². The summed E-state index contributed by atoms with van der Waals surface area (Å²) in [6.07, 6.45) is 4.75. The predicted octanol–water partition coefficient (Wildman–Crippen LogP) is 2.54. The number of anilines is 1. The molecule has 1 aliphatic heterocycles. The maximum Gasteiger partial charge on any atom is 0.409 e. The third-order valence-corrected chi connectivity index (χ3v) is 7.31. The van der Waals surface area contributed by atoms with Gasteiger partial charge in [-0.25, -0.2) is 14.3 Å². The zero-order valence-electron chi connectivity index (χ0n) is 23.9. The summed E-state index contributed by atoms with van der Waals surface area (Å²) in [6.45, 7) is 12.0. The van der Waals surface area contributed by atoms with Crippen LogP contribution in [0.4, 0.5) is 10.5 Å². The Balaban J connectivity index is 1.28. The molecule has 1 aliphatic rings. The second-order valence-electron chi connectivity index (χ2n) is 9.84. The van der Waals surface area contributed by atoms with E-state index in [1.165, 1.54) is 0 Å². The van der Waals surface area contributed by atoms with Crippen molar-refractivity contribution in [1.29, 1.82) is 0 Å². The molecule has 1 atom stereocenters. The van der Waals surface area contributed by atoms with Crippen LogP contribution in [0.3, 0.4) is 0 Å². The first-order chi connectivity index (χ1) is 19.7. The van der Waals surface area contributed by atoms with Crippen LogP contribution in [0.2, 0.25) is 0 Å². The zero-order valence-corrected chi connectivity index (χ0v) is 23.9. The number of nitrogens with one attached hydrogen (secondary N) is 1. The lowest BCUT2D eigenvalue weighted by Gasteiger charge is -2.35. The van der Waals surface area contributed by atoms with Gasteiger partial charge >= 0.3 is 6.09 Å². The van der Waals surface area contributed by atoms with Crippen molar-refractivity contribution in [1.82, 2.24) is 44.0 Å². The highest BCUT2D eigenvalue weighted by molar-refractivity contribution is 6.03. The number of ether oxygens (including phenoxy) is 1. The van der Waals surface area contributed by atoms with E-state index in [-0.39, 0.29) is 17.7 Å². The molecular formula is C27H34N10O4. The normalized spacial score (nSPS) is 14.4. The van der Waals surface area contributed by atoms with E-state index in [0.29, 0.717) is 49.8 Å². The van der Waals surface area contributed by atoms with Crippen LogP contribution in [0.5, 0.6) is 0 Å². The van der Waals surface area contributed by atoms with Crippen LogP contribution in [-0.2, 0) is 16.1 Å². The van der Waals surface area contributed by atoms with Crippen molar-refractivity contribution < 1.29 is 19.1 Å². The molecule has 0 saturated carbocycles. The summed E-state index contributed by atoms with van der Waals surface area (Å²) in [5.41, 5.74) is 4.46. The van der Waals surface area contributed by atoms with E-state index in [2.05, 4.69) is 25.6 Å². The molecule has 0 aliphatic carbocycles. The van der Waals surface area contributed by atoms with Crippen LogP contribution in [0, 0.1) is 13.8 Å². The van der Waals surface area contributed by atoms with Crippen LogP contribution in [0.1, 0.15) is 48.7 Å². The number of carbonyl (C=O) groups excluding carboxylic acids is 3. The van der Waals surface area contributed by atoms with E-state index in [0.717, 1.165) is 23.5 Å². The summed E-state index contributed by atoms with van der Waals surface area (Å²) < 4.78 is 10.1. The van der Waals surface area contributed by atoms with E-state index >= 15 is 0 Å². The number of hydrogen-bond acceptors (Lipinski definition) is 8. The fourth-order valence-electron chi connectivity index (χ4n) is 4.92. The number of carbonyl (C=O) groups is 3. The van der Waals surface area contributed by atoms with Gasteiger partial charge in [0.25, 0.3) is 5.91 Å². The lowest BCUT2D eigenvalue weighted by molar-refractivity contribution is -0.136. The molecule has 41 heavy (non-hydrogen) atoms. The van der Waals surface area contributed by atoms with Crippen LogP contribution >= 0.6 is 0 Å². The molecule has 5 rings (SSSR count). The Morgan fingerprint density at radius 2 is 1.80 bits per heavy atom. The molecule has 1 saturated heterocycles. The van der Waals surface area contributed by atoms with Crippen LogP contribution in [0.15, 0.2) is 30.7 Å². The van der Waals surface area contributed by atoms with Crippen LogP contribution < -0.4 is 5.32 Å². The molecule has 4 aromatic rings. The Kier molecular flexibility index (Phi) is 7.72. The minimum absolute atomic E-state index is 0.116. The largest absolute Gasteiger partial charge is 0.450 e. The predicted molar refractivity (Wildman–Crippen MR) is 149 cm³/mol. The van der Waals surface area contributed by atoms with Gasteiger partial charge in [-0.2, -0.15) is 15.3 Å².